The lowest BCUT2D eigenvalue weighted by Gasteiger charge is -2.13. The summed E-state index contributed by atoms with van der Waals surface area (Å²) >= 11 is 0. The molecule has 124 valence electrons. The third kappa shape index (κ3) is 6.64. The first-order chi connectivity index (χ1) is 10.3. The van der Waals surface area contributed by atoms with Crippen molar-refractivity contribution in [3.63, 3.8) is 0 Å². The third-order valence-corrected chi connectivity index (χ3v) is 3.51. The Labute approximate surface area is 138 Å². The van der Waals surface area contributed by atoms with Crippen LogP contribution in [0.4, 0.5) is 5.69 Å². The Bertz CT molecular complexity index is 434. The van der Waals surface area contributed by atoms with E-state index in [0.29, 0.717) is 19.3 Å². The van der Waals surface area contributed by atoms with Crippen molar-refractivity contribution < 1.29 is 14.3 Å². The number of halogens is 1. The fourth-order valence-electron chi connectivity index (χ4n) is 2.40. The van der Waals surface area contributed by atoms with Gasteiger partial charge >= 0.3 is 0 Å². The van der Waals surface area contributed by atoms with Crippen LogP contribution in [0.3, 0.4) is 0 Å². The predicted octanol–water partition coefficient (Wildman–Crippen LogP) is 2.60. The van der Waals surface area contributed by atoms with Crippen LogP contribution in [-0.4, -0.2) is 38.8 Å². The van der Waals surface area contributed by atoms with E-state index in [-0.39, 0.29) is 24.9 Å². The maximum Gasteiger partial charge on any atom is 0.238 e. The molecule has 2 N–H and O–H groups in total. The number of hydrogen-bond donors (Lipinski definition) is 2. The summed E-state index contributed by atoms with van der Waals surface area (Å²) in [5.41, 5.74) is 0.785. The van der Waals surface area contributed by atoms with Crippen LogP contribution in [-0.2, 0) is 9.53 Å². The first-order valence-electron chi connectivity index (χ1n) is 7.54. The van der Waals surface area contributed by atoms with Gasteiger partial charge in [0.05, 0.1) is 19.3 Å². The molecule has 0 spiro atoms. The van der Waals surface area contributed by atoms with Crippen molar-refractivity contribution in [1.82, 2.24) is 5.32 Å². The molecule has 6 heteroatoms. The van der Waals surface area contributed by atoms with E-state index in [2.05, 4.69) is 10.6 Å². The summed E-state index contributed by atoms with van der Waals surface area (Å²) in [6.07, 6.45) is 5.16. The van der Waals surface area contributed by atoms with Crippen LogP contribution in [0.5, 0.6) is 5.75 Å². The highest BCUT2D eigenvalue weighted by atomic mass is 35.5. The maximum absolute atomic E-state index is 11.7. The molecule has 0 bridgehead atoms. The lowest BCUT2D eigenvalue weighted by molar-refractivity contribution is -0.115. The van der Waals surface area contributed by atoms with Crippen LogP contribution >= 0.6 is 12.4 Å². The molecule has 0 aromatic heterocycles. The zero-order valence-corrected chi connectivity index (χ0v) is 13.8. The second kappa shape index (κ2) is 10.4. The SMILES string of the molecule is COCCNCC(=O)Nc1ccc(OC2CCCC2)cc1.Cl. The highest BCUT2D eigenvalue weighted by molar-refractivity contribution is 5.92. The predicted molar refractivity (Wildman–Crippen MR) is 89.9 cm³/mol. The monoisotopic (exact) mass is 328 g/mol. The zero-order chi connectivity index (χ0) is 14.9. The highest BCUT2D eigenvalue weighted by Gasteiger charge is 2.16. The number of anilines is 1. The standard InChI is InChI=1S/C16H24N2O3.ClH/c1-20-11-10-17-12-16(19)18-13-6-8-15(9-7-13)21-14-4-2-3-5-14;/h6-9,14,17H,2-5,10-12H2,1H3,(H,18,19);1H. The molecule has 1 aromatic rings. The van der Waals surface area contributed by atoms with Crippen molar-refractivity contribution in [3.05, 3.63) is 24.3 Å². The summed E-state index contributed by atoms with van der Waals surface area (Å²) in [5, 5.41) is 5.85. The molecule has 0 saturated heterocycles. The Morgan fingerprint density at radius 3 is 2.55 bits per heavy atom. The minimum Gasteiger partial charge on any atom is -0.490 e. The van der Waals surface area contributed by atoms with E-state index in [4.69, 9.17) is 9.47 Å². The molecule has 1 aliphatic carbocycles. The lowest BCUT2D eigenvalue weighted by atomic mass is 10.2. The van der Waals surface area contributed by atoms with Gasteiger partial charge in [0.15, 0.2) is 0 Å². The van der Waals surface area contributed by atoms with Gasteiger partial charge in [-0.3, -0.25) is 4.79 Å². The van der Waals surface area contributed by atoms with Crippen molar-refractivity contribution in [3.8, 4) is 5.75 Å². The van der Waals surface area contributed by atoms with Gasteiger partial charge in [-0.05, 0) is 49.9 Å². The minimum atomic E-state index is -0.0597. The molecule has 1 saturated carbocycles. The molecule has 0 unspecified atom stereocenters. The van der Waals surface area contributed by atoms with E-state index in [9.17, 15) is 4.79 Å². The van der Waals surface area contributed by atoms with Gasteiger partial charge in [-0.15, -0.1) is 12.4 Å². The average molecular weight is 329 g/mol. The van der Waals surface area contributed by atoms with Gasteiger partial charge in [-0.2, -0.15) is 0 Å². The molecule has 1 aromatic carbocycles. The number of rotatable bonds is 8. The van der Waals surface area contributed by atoms with Crippen molar-refractivity contribution in [2.24, 2.45) is 0 Å². The maximum atomic E-state index is 11.7. The molecule has 0 radical (unpaired) electrons. The fourth-order valence-corrected chi connectivity index (χ4v) is 2.40. The summed E-state index contributed by atoms with van der Waals surface area (Å²) in [4.78, 5) is 11.7. The summed E-state index contributed by atoms with van der Waals surface area (Å²) < 4.78 is 10.8. The van der Waals surface area contributed by atoms with Gasteiger partial charge in [0.1, 0.15) is 5.75 Å². The fraction of sp³-hybridized carbons (Fsp3) is 0.562. The molecule has 22 heavy (non-hydrogen) atoms. The van der Waals surface area contributed by atoms with E-state index in [1.54, 1.807) is 7.11 Å². The van der Waals surface area contributed by atoms with Gasteiger partial charge < -0.3 is 20.1 Å². The smallest absolute Gasteiger partial charge is 0.238 e. The molecule has 0 heterocycles. The second-order valence-corrected chi connectivity index (χ2v) is 5.27. The number of nitrogens with one attached hydrogen (secondary N) is 2. The van der Waals surface area contributed by atoms with Gasteiger partial charge in [0.2, 0.25) is 5.91 Å². The summed E-state index contributed by atoms with van der Waals surface area (Å²) in [6.45, 7) is 1.54. The Morgan fingerprint density at radius 1 is 1.23 bits per heavy atom. The lowest BCUT2D eigenvalue weighted by Crippen LogP contribution is -2.30. The molecule has 0 aliphatic heterocycles. The zero-order valence-electron chi connectivity index (χ0n) is 13.0. The van der Waals surface area contributed by atoms with Crippen molar-refractivity contribution in [2.75, 3.05) is 32.1 Å². The van der Waals surface area contributed by atoms with Crippen molar-refractivity contribution in [1.29, 1.82) is 0 Å². The van der Waals surface area contributed by atoms with Crippen LogP contribution in [0, 0.1) is 0 Å². The summed E-state index contributed by atoms with van der Waals surface area (Å²) in [5.74, 6) is 0.814. The molecule has 1 fully saturated rings. The Kier molecular flexibility index (Phi) is 8.89. The summed E-state index contributed by atoms with van der Waals surface area (Å²) in [7, 11) is 1.64. The molecular weight excluding hydrogens is 304 g/mol. The van der Waals surface area contributed by atoms with Gasteiger partial charge in [-0.1, -0.05) is 0 Å². The second-order valence-electron chi connectivity index (χ2n) is 5.27. The first kappa shape index (κ1) is 18.7. The van der Waals surface area contributed by atoms with Gasteiger partial charge in [0, 0.05) is 19.3 Å². The minimum absolute atomic E-state index is 0. The number of methoxy groups -OCH3 is 1. The van der Waals surface area contributed by atoms with E-state index in [1.165, 1.54) is 12.8 Å². The Balaban J connectivity index is 0.00000242. The number of carbonyl (C=O) groups is 1. The molecule has 1 amide bonds. The Hall–Kier alpha value is -1.30. The number of benzene rings is 1. The van der Waals surface area contributed by atoms with Crippen LogP contribution < -0.4 is 15.4 Å². The van der Waals surface area contributed by atoms with Crippen molar-refractivity contribution >= 4 is 24.0 Å². The Morgan fingerprint density at radius 2 is 1.91 bits per heavy atom. The van der Waals surface area contributed by atoms with Crippen LogP contribution in [0.15, 0.2) is 24.3 Å². The van der Waals surface area contributed by atoms with Crippen LogP contribution in [0.1, 0.15) is 25.7 Å². The number of ether oxygens (including phenoxy) is 2. The van der Waals surface area contributed by atoms with E-state index < -0.39 is 0 Å². The van der Waals surface area contributed by atoms with E-state index in [0.717, 1.165) is 24.3 Å². The van der Waals surface area contributed by atoms with Crippen LogP contribution in [0.25, 0.3) is 0 Å². The third-order valence-electron chi connectivity index (χ3n) is 3.51. The van der Waals surface area contributed by atoms with E-state index >= 15 is 0 Å². The highest BCUT2D eigenvalue weighted by Crippen LogP contribution is 2.24. The van der Waals surface area contributed by atoms with Gasteiger partial charge in [0.25, 0.3) is 0 Å². The van der Waals surface area contributed by atoms with E-state index in [1.807, 2.05) is 24.3 Å². The van der Waals surface area contributed by atoms with Crippen LogP contribution in [0.2, 0.25) is 0 Å². The number of carbonyl (C=O) groups excluding carboxylic acids is 1. The average Bonchev–Trinajstić information content (AvgIpc) is 2.99. The molecule has 5 nitrogen and oxygen atoms in total. The molecule has 2 rings (SSSR count). The van der Waals surface area contributed by atoms with Crippen molar-refractivity contribution in [2.45, 2.75) is 31.8 Å². The molecule has 0 atom stereocenters. The molecular formula is C16H25ClN2O3. The number of amides is 1. The quantitative estimate of drug-likeness (QED) is 0.720. The summed E-state index contributed by atoms with van der Waals surface area (Å²) in [6, 6.07) is 7.56. The molecule has 1 aliphatic rings. The largest absolute Gasteiger partial charge is 0.490 e. The topological polar surface area (TPSA) is 59.6 Å². The normalized spacial score (nSPS) is 14.4. The first-order valence-corrected chi connectivity index (χ1v) is 7.54. The number of hydrogen-bond acceptors (Lipinski definition) is 4. The van der Waals surface area contributed by atoms with Gasteiger partial charge in [-0.25, -0.2) is 0 Å².